The summed E-state index contributed by atoms with van der Waals surface area (Å²) in [7, 11) is 0. The van der Waals surface area contributed by atoms with Crippen molar-refractivity contribution < 1.29 is 9.53 Å². The lowest BCUT2D eigenvalue weighted by Crippen LogP contribution is -2.38. The van der Waals surface area contributed by atoms with Crippen LogP contribution in [0.5, 0.6) is 11.5 Å². The molecule has 3 aromatic carbocycles. The molecule has 1 aromatic heterocycles. The van der Waals surface area contributed by atoms with E-state index in [1.54, 1.807) is 30.3 Å². The Balaban J connectivity index is 1.28. The predicted octanol–water partition coefficient (Wildman–Crippen LogP) is 5.30. The van der Waals surface area contributed by atoms with Crippen LogP contribution >= 0.6 is 51.3 Å². The number of anilines is 1. The molecule has 0 radical (unpaired) electrons. The Bertz CT molecular complexity index is 1420. The van der Waals surface area contributed by atoms with E-state index in [2.05, 4.69) is 47.3 Å². The first-order valence-electron chi connectivity index (χ1n) is 11.0. The fourth-order valence-corrected chi connectivity index (χ4v) is 4.17. The SMILES string of the molecule is O=C(Cn1nnc(-c2ccccc2Oc2ccc(Cl)cc2Cl)n1)NCCNC(=S)Nc1ccccc1Br. The van der Waals surface area contributed by atoms with Crippen molar-refractivity contribution in [3.63, 3.8) is 0 Å². The van der Waals surface area contributed by atoms with Gasteiger partial charge in [0, 0.05) is 22.6 Å². The van der Waals surface area contributed by atoms with Gasteiger partial charge >= 0.3 is 0 Å². The number of nitrogens with one attached hydrogen (secondary N) is 3. The average Bonchev–Trinajstić information content (AvgIpc) is 3.33. The molecule has 0 unspecified atom stereocenters. The minimum absolute atomic E-state index is 0.0985. The zero-order valence-electron chi connectivity index (χ0n) is 19.1. The number of para-hydroxylation sites is 2. The minimum atomic E-state index is -0.270. The van der Waals surface area contributed by atoms with E-state index in [-0.39, 0.29) is 12.5 Å². The standard InChI is InChI=1S/C24H20BrCl2N7O2S/c25-17-6-2-3-7-19(17)30-24(37)29-12-11-28-22(35)14-34-32-23(31-33-34)16-5-1-4-8-20(16)36-21-10-9-15(26)13-18(21)27/h1-10,13H,11-12,14H2,(H,28,35)(H2,29,30,37). The van der Waals surface area contributed by atoms with Crippen LogP contribution < -0.4 is 20.7 Å². The summed E-state index contributed by atoms with van der Waals surface area (Å²) in [5, 5.41) is 22.6. The van der Waals surface area contributed by atoms with Crippen molar-refractivity contribution in [2.75, 3.05) is 18.4 Å². The molecule has 9 nitrogen and oxygen atoms in total. The minimum Gasteiger partial charge on any atom is -0.455 e. The van der Waals surface area contributed by atoms with Crippen LogP contribution in [0.4, 0.5) is 5.69 Å². The van der Waals surface area contributed by atoms with Gasteiger partial charge in [0.1, 0.15) is 18.0 Å². The highest BCUT2D eigenvalue weighted by Gasteiger charge is 2.15. The van der Waals surface area contributed by atoms with Crippen LogP contribution in [0.3, 0.4) is 0 Å². The summed E-state index contributed by atoms with van der Waals surface area (Å²) in [6.07, 6.45) is 0. The number of benzene rings is 3. The first-order valence-corrected chi connectivity index (χ1v) is 12.9. The molecule has 0 atom stereocenters. The number of carbonyl (C=O) groups excluding carboxylic acids is 1. The van der Waals surface area contributed by atoms with E-state index in [1.165, 1.54) is 4.80 Å². The molecule has 0 saturated carbocycles. The second-order valence-corrected chi connectivity index (χ2v) is 9.63. The van der Waals surface area contributed by atoms with Crippen LogP contribution in [-0.4, -0.2) is 44.3 Å². The number of hydrogen-bond acceptors (Lipinski definition) is 6. The molecule has 13 heteroatoms. The van der Waals surface area contributed by atoms with Crippen molar-refractivity contribution >= 4 is 68.1 Å². The van der Waals surface area contributed by atoms with Crippen LogP contribution in [-0.2, 0) is 11.3 Å². The van der Waals surface area contributed by atoms with Crippen molar-refractivity contribution in [1.29, 1.82) is 0 Å². The molecular formula is C24H20BrCl2N7O2S. The van der Waals surface area contributed by atoms with Crippen molar-refractivity contribution in [2.24, 2.45) is 0 Å². The van der Waals surface area contributed by atoms with E-state index in [0.717, 1.165) is 10.2 Å². The van der Waals surface area contributed by atoms with E-state index >= 15 is 0 Å². The Labute approximate surface area is 236 Å². The molecule has 0 aliphatic rings. The number of nitrogens with zero attached hydrogens (tertiary/aromatic N) is 4. The van der Waals surface area contributed by atoms with Gasteiger partial charge in [0.15, 0.2) is 5.11 Å². The number of ether oxygens (including phenoxy) is 1. The molecular weight excluding hydrogens is 601 g/mol. The topological polar surface area (TPSA) is 106 Å². The van der Waals surface area contributed by atoms with Crippen LogP contribution in [0.25, 0.3) is 11.4 Å². The van der Waals surface area contributed by atoms with Gasteiger partial charge in [-0.25, -0.2) is 0 Å². The van der Waals surface area contributed by atoms with Gasteiger partial charge in [0.05, 0.1) is 16.3 Å². The maximum atomic E-state index is 12.3. The van der Waals surface area contributed by atoms with Crippen LogP contribution in [0.1, 0.15) is 0 Å². The first-order chi connectivity index (χ1) is 17.9. The molecule has 0 fully saturated rings. The molecule has 0 saturated heterocycles. The van der Waals surface area contributed by atoms with E-state index in [9.17, 15) is 4.79 Å². The first kappa shape index (κ1) is 26.8. The molecule has 37 heavy (non-hydrogen) atoms. The van der Waals surface area contributed by atoms with Gasteiger partial charge in [-0.15, -0.1) is 10.2 Å². The number of aromatic nitrogens is 4. The Kier molecular flexibility index (Phi) is 9.29. The number of hydrogen-bond donors (Lipinski definition) is 3. The highest BCUT2D eigenvalue weighted by molar-refractivity contribution is 9.10. The van der Waals surface area contributed by atoms with Crippen molar-refractivity contribution in [1.82, 2.24) is 30.8 Å². The summed E-state index contributed by atoms with van der Waals surface area (Å²) >= 11 is 20.9. The van der Waals surface area contributed by atoms with Gasteiger partial charge in [-0.3, -0.25) is 4.79 Å². The maximum absolute atomic E-state index is 12.3. The van der Waals surface area contributed by atoms with Crippen molar-refractivity contribution in [3.8, 4) is 22.9 Å². The molecule has 4 rings (SSSR count). The fraction of sp³-hybridized carbons (Fsp3) is 0.125. The van der Waals surface area contributed by atoms with Gasteiger partial charge in [-0.2, -0.15) is 4.80 Å². The molecule has 0 bridgehead atoms. The number of halogens is 3. The molecule has 0 spiro atoms. The smallest absolute Gasteiger partial charge is 0.243 e. The van der Waals surface area contributed by atoms with Crippen molar-refractivity contribution in [2.45, 2.75) is 6.54 Å². The van der Waals surface area contributed by atoms with E-state index in [4.69, 9.17) is 40.2 Å². The van der Waals surface area contributed by atoms with E-state index < -0.39 is 0 Å². The number of carbonyl (C=O) groups is 1. The number of rotatable bonds is 9. The Hall–Kier alpha value is -3.25. The summed E-state index contributed by atoms with van der Waals surface area (Å²) in [4.78, 5) is 13.6. The number of thiocarbonyl (C=S) groups is 1. The monoisotopic (exact) mass is 619 g/mol. The lowest BCUT2D eigenvalue weighted by molar-refractivity contribution is -0.122. The highest BCUT2D eigenvalue weighted by atomic mass is 79.9. The Morgan fingerprint density at radius 1 is 1.00 bits per heavy atom. The third kappa shape index (κ3) is 7.62. The third-order valence-electron chi connectivity index (χ3n) is 4.83. The van der Waals surface area contributed by atoms with E-state index in [0.29, 0.717) is 51.1 Å². The van der Waals surface area contributed by atoms with Gasteiger partial charge in [0.2, 0.25) is 11.7 Å². The van der Waals surface area contributed by atoms with Gasteiger partial charge in [-0.1, -0.05) is 47.5 Å². The second kappa shape index (κ2) is 12.8. The lowest BCUT2D eigenvalue weighted by atomic mass is 10.2. The fourth-order valence-electron chi connectivity index (χ4n) is 3.13. The normalized spacial score (nSPS) is 10.6. The van der Waals surface area contributed by atoms with Crippen LogP contribution in [0.15, 0.2) is 71.2 Å². The van der Waals surface area contributed by atoms with Crippen molar-refractivity contribution in [3.05, 3.63) is 81.2 Å². The van der Waals surface area contributed by atoms with Crippen LogP contribution in [0.2, 0.25) is 10.0 Å². The molecule has 1 heterocycles. The maximum Gasteiger partial charge on any atom is 0.243 e. The van der Waals surface area contributed by atoms with Gasteiger partial charge in [0.25, 0.3) is 0 Å². The van der Waals surface area contributed by atoms with Crippen LogP contribution in [0, 0.1) is 0 Å². The Morgan fingerprint density at radius 3 is 2.57 bits per heavy atom. The van der Waals surface area contributed by atoms with E-state index in [1.807, 2.05) is 36.4 Å². The molecule has 190 valence electrons. The summed E-state index contributed by atoms with van der Waals surface area (Å²) in [5.74, 6) is 0.949. The number of tetrazole rings is 1. The summed E-state index contributed by atoms with van der Waals surface area (Å²) in [6, 6.07) is 19.8. The largest absolute Gasteiger partial charge is 0.455 e. The number of amides is 1. The molecule has 0 aliphatic carbocycles. The quantitative estimate of drug-likeness (QED) is 0.171. The van der Waals surface area contributed by atoms with Gasteiger partial charge in [-0.05, 0) is 75.8 Å². The zero-order valence-corrected chi connectivity index (χ0v) is 23.0. The molecule has 0 aliphatic heterocycles. The third-order valence-corrected chi connectivity index (χ3v) is 6.30. The molecule has 1 amide bonds. The average molecular weight is 621 g/mol. The summed E-state index contributed by atoms with van der Waals surface area (Å²) < 4.78 is 6.85. The molecule has 3 N–H and O–H groups in total. The van der Waals surface area contributed by atoms with Gasteiger partial charge < -0.3 is 20.7 Å². The Morgan fingerprint density at radius 2 is 1.76 bits per heavy atom. The second-order valence-electron chi connectivity index (χ2n) is 7.53. The summed E-state index contributed by atoms with van der Waals surface area (Å²) in [5.41, 5.74) is 1.44. The summed E-state index contributed by atoms with van der Waals surface area (Å²) in [6.45, 7) is 0.700. The lowest BCUT2D eigenvalue weighted by Gasteiger charge is -2.12. The molecule has 4 aromatic rings. The highest BCUT2D eigenvalue weighted by Crippen LogP contribution is 2.35. The zero-order chi connectivity index (χ0) is 26.2. The predicted molar refractivity (Wildman–Crippen MR) is 151 cm³/mol.